The van der Waals surface area contributed by atoms with Crippen molar-refractivity contribution in [3.8, 4) is 0 Å². The van der Waals surface area contributed by atoms with Crippen molar-refractivity contribution in [3.05, 3.63) is 28.1 Å². The van der Waals surface area contributed by atoms with Crippen LogP contribution in [0.1, 0.15) is 79.7 Å². The quantitative estimate of drug-likeness (QED) is 0.806. The fourth-order valence-corrected chi connectivity index (χ4v) is 2.03. The summed E-state index contributed by atoms with van der Waals surface area (Å²) in [5.74, 6) is -3.56. The predicted molar refractivity (Wildman–Crippen MR) is 72.8 cm³/mol. The fourth-order valence-electron chi connectivity index (χ4n) is 2.03. The van der Waals surface area contributed by atoms with Gasteiger partial charge in [0.25, 0.3) is 5.91 Å². The molecule has 0 atom stereocenters. The van der Waals surface area contributed by atoms with E-state index in [9.17, 15) is 24.0 Å². The molecule has 0 spiro atoms. The highest BCUT2D eigenvalue weighted by Crippen LogP contribution is 2.23. The lowest BCUT2D eigenvalue weighted by Gasteiger charge is -2.14. The van der Waals surface area contributed by atoms with E-state index >= 15 is 0 Å². The van der Waals surface area contributed by atoms with Crippen molar-refractivity contribution in [2.45, 2.75) is 27.7 Å². The number of rotatable bonds is 5. The summed E-state index contributed by atoms with van der Waals surface area (Å²) < 4.78 is 0. The van der Waals surface area contributed by atoms with E-state index in [0.29, 0.717) is 0 Å². The van der Waals surface area contributed by atoms with E-state index in [1.165, 1.54) is 0 Å². The lowest BCUT2D eigenvalue weighted by molar-refractivity contribution is 0.0942. The second-order valence-electron chi connectivity index (χ2n) is 4.52. The van der Waals surface area contributed by atoms with Crippen LogP contribution in [0.15, 0.2) is 0 Å². The molecule has 2 N–H and O–H groups in total. The Morgan fingerprint density at radius 2 is 1.05 bits per heavy atom. The van der Waals surface area contributed by atoms with E-state index in [1.54, 1.807) is 0 Å². The summed E-state index contributed by atoms with van der Waals surface area (Å²) in [6, 6.07) is 0. The Balaban J connectivity index is 4.13. The SMILES string of the molecule is CC(=O)c1nc(C(C)=O)c(C(N)=O)c(C(C)=O)c1C(C)=O. The fraction of sp³-hybridized carbons (Fsp3) is 0.286. The minimum Gasteiger partial charge on any atom is -0.366 e. The van der Waals surface area contributed by atoms with Gasteiger partial charge >= 0.3 is 0 Å². The molecule has 0 aliphatic rings. The summed E-state index contributed by atoms with van der Waals surface area (Å²) >= 11 is 0. The number of pyridine rings is 1. The lowest BCUT2D eigenvalue weighted by Crippen LogP contribution is -2.26. The van der Waals surface area contributed by atoms with Crippen LogP contribution in [-0.2, 0) is 0 Å². The first kappa shape index (κ1) is 16.4. The molecule has 0 radical (unpaired) electrons. The Labute approximate surface area is 120 Å². The highest BCUT2D eigenvalue weighted by atomic mass is 16.2. The standard InChI is InChI=1S/C14H14N2O5/c1-5(17)9-10(6(2)18)12(7(3)19)16-13(8(4)20)11(9)14(15)21/h1-4H3,(H2,15,21). The highest BCUT2D eigenvalue weighted by Gasteiger charge is 2.30. The van der Waals surface area contributed by atoms with Crippen LogP contribution >= 0.6 is 0 Å². The van der Waals surface area contributed by atoms with Crippen LogP contribution in [0, 0.1) is 0 Å². The van der Waals surface area contributed by atoms with Gasteiger partial charge in [0, 0.05) is 19.4 Å². The van der Waals surface area contributed by atoms with E-state index in [0.717, 1.165) is 27.7 Å². The van der Waals surface area contributed by atoms with E-state index in [1.807, 2.05) is 0 Å². The third kappa shape index (κ3) is 2.91. The molecule has 7 nitrogen and oxygen atoms in total. The average molecular weight is 290 g/mol. The third-order valence-electron chi connectivity index (χ3n) is 2.81. The Bertz CT molecular complexity index is 654. The molecule has 0 bridgehead atoms. The van der Waals surface area contributed by atoms with Crippen molar-refractivity contribution in [1.29, 1.82) is 0 Å². The normalized spacial score (nSPS) is 10.1. The molecule has 1 aromatic heterocycles. The van der Waals surface area contributed by atoms with Gasteiger partial charge in [-0.3, -0.25) is 24.0 Å². The van der Waals surface area contributed by atoms with E-state index in [4.69, 9.17) is 5.73 Å². The number of hydrogen-bond acceptors (Lipinski definition) is 6. The molecule has 0 fully saturated rings. The van der Waals surface area contributed by atoms with Gasteiger partial charge in [0.2, 0.25) is 0 Å². The largest absolute Gasteiger partial charge is 0.366 e. The number of carbonyl (C=O) groups is 5. The van der Waals surface area contributed by atoms with Gasteiger partial charge < -0.3 is 5.73 Å². The smallest absolute Gasteiger partial charge is 0.251 e. The van der Waals surface area contributed by atoms with Gasteiger partial charge in [-0.05, 0) is 13.8 Å². The van der Waals surface area contributed by atoms with Crippen LogP contribution in [-0.4, -0.2) is 34.0 Å². The first-order valence-electron chi connectivity index (χ1n) is 6.01. The summed E-state index contributed by atoms with van der Waals surface area (Å²) in [6.45, 7) is 4.51. The lowest BCUT2D eigenvalue weighted by atomic mass is 9.91. The summed E-state index contributed by atoms with van der Waals surface area (Å²) in [7, 11) is 0. The van der Waals surface area contributed by atoms with Gasteiger partial charge in [0.1, 0.15) is 11.4 Å². The molecular formula is C14H14N2O5. The Hall–Kier alpha value is -2.70. The van der Waals surface area contributed by atoms with Gasteiger partial charge in [-0.15, -0.1) is 0 Å². The summed E-state index contributed by atoms with van der Waals surface area (Å²) in [5.41, 5.74) is 3.46. The molecule has 1 heterocycles. The van der Waals surface area contributed by atoms with Gasteiger partial charge in [0.05, 0.1) is 11.1 Å². The molecule has 1 amide bonds. The highest BCUT2D eigenvalue weighted by molar-refractivity contribution is 6.20. The molecule has 7 heteroatoms. The zero-order valence-electron chi connectivity index (χ0n) is 12.1. The maximum absolute atomic E-state index is 11.8. The van der Waals surface area contributed by atoms with Gasteiger partial charge in [-0.2, -0.15) is 0 Å². The van der Waals surface area contributed by atoms with Crippen molar-refractivity contribution in [2.24, 2.45) is 5.73 Å². The summed E-state index contributed by atoms with van der Waals surface area (Å²) in [4.78, 5) is 62.3. The Kier molecular flexibility index (Phi) is 4.47. The molecule has 0 saturated heterocycles. The van der Waals surface area contributed by atoms with Crippen LogP contribution in [0.4, 0.5) is 0 Å². The summed E-state index contributed by atoms with van der Waals surface area (Å²) in [6.07, 6.45) is 0. The van der Waals surface area contributed by atoms with Crippen molar-refractivity contribution < 1.29 is 24.0 Å². The van der Waals surface area contributed by atoms with Crippen molar-refractivity contribution in [3.63, 3.8) is 0 Å². The zero-order valence-corrected chi connectivity index (χ0v) is 12.1. The van der Waals surface area contributed by atoms with Crippen molar-refractivity contribution >= 4 is 29.0 Å². The molecule has 1 rings (SSSR count). The van der Waals surface area contributed by atoms with Gasteiger partial charge in [-0.1, -0.05) is 0 Å². The predicted octanol–water partition coefficient (Wildman–Crippen LogP) is 0.991. The number of amides is 1. The van der Waals surface area contributed by atoms with Crippen LogP contribution in [0.2, 0.25) is 0 Å². The second kappa shape index (κ2) is 5.74. The number of aromatic nitrogens is 1. The van der Waals surface area contributed by atoms with E-state index in [2.05, 4.69) is 4.98 Å². The molecule has 21 heavy (non-hydrogen) atoms. The molecule has 0 unspecified atom stereocenters. The molecule has 1 aromatic rings. The number of ketones is 4. The van der Waals surface area contributed by atoms with Crippen LogP contribution in [0.3, 0.4) is 0 Å². The summed E-state index contributed by atoms with van der Waals surface area (Å²) in [5, 5.41) is 0. The molecule has 0 aromatic carbocycles. The second-order valence-corrected chi connectivity index (χ2v) is 4.52. The van der Waals surface area contributed by atoms with Crippen LogP contribution in [0.5, 0.6) is 0 Å². The first-order chi connectivity index (χ1) is 9.59. The maximum Gasteiger partial charge on any atom is 0.251 e. The number of carbonyl (C=O) groups excluding carboxylic acids is 5. The minimum absolute atomic E-state index is 0.284. The Morgan fingerprint density at radius 3 is 1.33 bits per heavy atom. The number of nitrogens with two attached hydrogens (primary N) is 1. The number of nitrogens with zero attached hydrogens (tertiary/aromatic N) is 1. The molecule has 110 valence electrons. The van der Waals surface area contributed by atoms with Crippen molar-refractivity contribution in [2.75, 3.05) is 0 Å². The molecule has 0 saturated carbocycles. The minimum atomic E-state index is -1.06. The van der Waals surface area contributed by atoms with Crippen molar-refractivity contribution in [1.82, 2.24) is 4.98 Å². The Morgan fingerprint density at radius 1 is 0.667 bits per heavy atom. The number of hydrogen-bond donors (Lipinski definition) is 1. The number of Topliss-reactive ketones (excluding diaryl/α,β-unsaturated/α-hetero) is 4. The van der Waals surface area contributed by atoms with Gasteiger partial charge in [-0.25, -0.2) is 4.98 Å². The maximum atomic E-state index is 11.8. The average Bonchev–Trinajstić information content (AvgIpc) is 2.34. The molecular weight excluding hydrogens is 276 g/mol. The zero-order chi connectivity index (χ0) is 16.5. The third-order valence-corrected chi connectivity index (χ3v) is 2.81. The topological polar surface area (TPSA) is 124 Å². The van der Waals surface area contributed by atoms with Gasteiger partial charge in [0.15, 0.2) is 23.1 Å². The molecule has 0 aliphatic heterocycles. The number of primary amides is 1. The monoisotopic (exact) mass is 290 g/mol. The van der Waals surface area contributed by atoms with E-state index < -0.39 is 34.6 Å². The molecule has 0 aliphatic carbocycles. The first-order valence-corrected chi connectivity index (χ1v) is 6.01. The van der Waals surface area contributed by atoms with Crippen LogP contribution in [0.25, 0.3) is 0 Å². The van der Waals surface area contributed by atoms with Crippen LogP contribution < -0.4 is 5.73 Å². The van der Waals surface area contributed by atoms with E-state index in [-0.39, 0.29) is 22.5 Å².